The van der Waals surface area contributed by atoms with Gasteiger partial charge in [-0.2, -0.15) is 0 Å². The third-order valence-corrected chi connectivity index (χ3v) is 6.08. The van der Waals surface area contributed by atoms with Crippen LogP contribution in [-0.4, -0.2) is 19.5 Å². The summed E-state index contributed by atoms with van der Waals surface area (Å²) in [6.07, 6.45) is -0.208. The molecule has 1 heterocycles. The number of benzene rings is 2. The number of fused-ring (bicyclic) bond motifs is 1. The number of para-hydroxylation sites is 1. The third-order valence-electron chi connectivity index (χ3n) is 3.98. The number of nitrogens with one attached hydrogen (secondary N) is 1. The summed E-state index contributed by atoms with van der Waals surface area (Å²) in [6.45, 7) is 1.75. The molecule has 0 radical (unpaired) electrons. The van der Waals surface area contributed by atoms with Gasteiger partial charge in [0.2, 0.25) is 5.91 Å². The second-order valence-corrected chi connectivity index (χ2v) is 7.75. The van der Waals surface area contributed by atoms with Crippen molar-refractivity contribution >= 4 is 33.2 Å². The third kappa shape index (κ3) is 2.64. The molecule has 1 aliphatic rings. The summed E-state index contributed by atoms with van der Waals surface area (Å²) >= 11 is 6.03. The molecule has 1 unspecified atom stereocenters. The number of hydroxylamine groups is 1. The van der Waals surface area contributed by atoms with Gasteiger partial charge < -0.3 is 0 Å². The number of aryl methyl sites for hydroxylation is 1. The van der Waals surface area contributed by atoms with Crippen LogP contribution >= 0.6 is 11.6 Å². The van der Waals surface area contributed by atoms with E-state index >= 15 is 0 Å². The Balaban J connectivity index is 2.24. The number of carbonyl (C=O) groups is 1. The van der Waals surface area contributed by atoms with Gasteiger partial charge >= 0.3 is 0 Å². The Morgan fingerprint density at radius 2 is 1.96 bits per heavy atom. The van der Waals surface area contributed by atoms with Gasteiger partial charge in [0, 0.05) is 5.02 Å². The van der Waals surface area contributed by atoms with E-state index < -0.39 is 22.0 Å². The molecule has 0 saturated carbocycles. The fourth-order valence-corrected chi connectivity index (χ4v) is 5.37. The van der Waals surface area contributed by atoms with Crippen LogP contribution in [0.25, 0.3) is 0 Å². The van der Waals surface area contributed by atoms with Crippen molar-refractivity contribution in [3.63, 3.8) is 0 Å². The number of rotatable bonds is 3. The molecule has 24 heavy (non-hydrogen) atoms. The van der Waals surface area contributed by atoms with Gasteiger partial charge in [-0.1, -0.05) is 29.8 Å². The van der Waals surface area contributed by atoms with Crippen LogP contribution in [0.2, 0.25) is 5.02 Å². The minimum atomic E-state index is -3.86. The lowest BCUT2D eigenvalue weighted by atomic mass is 9.98. The number of sulfonamides is 1. The molecule has 8 heteroatoms. The van der Waals surface area contributed by atoms with Gasteiger partial charge in [-0.25, -0.2) is 13.9 Å². The second-order valence-electron chi connectivity index (χ2n) is 5.53. The maximum atomic E-state index is 13.0. The summed E-state index contributed by atoms with van der Waals surface area (Å²) in [5, 5.41) is 9.17. The van der Waals surface area contributed by atoms with Crippen molar-refractivity contribution in [1.29, 1.82) is 0 Å². The molecule has 2 aromatic rings. The highest BCUT2D eigenvalue weighted by Crippen LogP contribution is 2.46. The van der Waals surface area contributed by atoms with Crippen LogP contribution in [0.15, 0.2) is 47.4 Å². The summed E-state index contributed by atoms with van der Waals surface area (Å²) in [4.78, 5) is 11.8. The predicted octanol–water partition coefficient (Wildman–Crippen LogP) is 2.79. The zero-order chi connectivity index (χ0) is 17.5. The first kappa shape index (κ1) is 16.8. The number of halogens is 1. The lowest BCUT2D eigenvalue weighted by Crippen LogP contribution is -2.32. The summed E-state index contributed by atoms with van der Waals surface area (Å²) in [6, 6.07) is 10.8. The first-order valence-electron chi connectivity index (χ1n) is 7.18. The normalized spacial score (nSPS) is 18.3. The van der Waals surface area contributed by atoms with E-state index in [4.69, 9.17) is 16.8 Å². The molecule has 0 bridgehead atoms. The van der Waals surface area contributed by atoms with Crippen LogP contribution in [0, 0.1) is 6.92 Å². The average Bonchev–Trinajstić information content (AvgIpc) is 2.75. The molecule has 1 amide bonds. The van der Waals surface area contributed by atoms with Crippen molar-refractivity contribution < 1.29 is 18.4 Å². The van der Waals surface area contributed by atoms with E-state index in [1.54, 1.807) is 48.8 Å². The first-order valence-corrected chi connectivity index (χ1v) is 9.00. The van der Waals surface area contributed by atoms with Crippen LogP contribution in [0.3, 0.4) is 0 Å². The largest absolute Gasteiger partial charge is 0.289 e. The molecule has 2 aromatic carbocycles. The lowest BCUT2D eigenvalue weighted by Gasteiger charge is -2.25. The molecule has 1 aliphatic heterocycles. The SMILES string of the molecule is Cc1cc(Cl)cc2c1C(CC(=O)NO)N(c1ccccc1)S2(=O)=O. The fraction of sp³-hybridized carbons (Fsp3) is 0.188. The molecule has 126 valence electrons. The molecule has 6 nitrogen and oxygen atoms in total. The van der Waals surface area contributed by atoms with E-state index in [1.807, 2.05) is 0 Å². The van der Waals surface area contributed by atoms with Crippen molar-refractivity contribution in [3.8, 4) is 0 Å². The maximum absolute atomic E-state index is 13.0. The zero-order valence-electron chi connectivity index (χ0n) is 12.7. The van der Waals surface area contributed by atoms with Crippen LogP contribution in [0.1, 0.15) is 23.6 Å². The fourth-order valence-electron chi connectivity index (χ4n) is 3.05. The smallest absolute Gasteiger partial charge is 0.265 e. The molecule has 3 rings (SSSR count). The Kier molecular flexibility index (Phi) is 4.25. The van der Waals surface area contributed by atoms with Gasteiger partial charge in [0.05, 0.1) is 23.0 Å². The van der Waals surface area contributed by atoms with E-state index in [2.05, 4.69) is 0 Å². The van der Waals surface area contributed by atoms with Gasteiger partial charge in [0.15, 0.2) is 0 Å². The lowest BCUT2D eigenvalue weighted by molar-refractivity contribution is -0.129. The maximum Gasteiger partial charge on any atom is 0.265 e. The van der Waals surface area contributed by atoms with Gasteiger partial charge in [-0.15, -0.1) is 0 Å². The second kappa shape index (κ2) is 6.08. The van der Waals surface area contributed by atoms with Crippen LogP contribution in [0.5, 0.6) is 0 Å². The highest BCUT2D eigenvalue weighted by molar-refractivity contribution is 7.93. The molecule has 1 atom stereocenters. The minimum absolute atomic E-state index is 0.0899. The Labute approximate surface area is 144 Å². The van der Waals surface area contributed by atoms with Crippen molar-refractivity contribution in [1.82, 2.24) is 5.48 Å². The Bertz CT molecular complexity index is 900. The number of carbonyl (C=O) groups excluding carboxylic acids is 1. The molecule has 2 N–H and O–H groups in total. The topological polar surface area (TPSA) is 86.7 Å². The summed E-state index contributed by atoms with van der Waals surface area (Å²) in [7, 11) is -3.86. The van der Waals surface area contributed by atoms with Gasteiger partial charge in [-0.05, 0) is 42.3 Å². The minimum Gasteiger partial charge on any atom is -0.289 e. The Hall–Kier alpha value is -2.09. The number of hydrogen-bond acceptors (Lipinski definition) is 4. The number of anilines is 1. The predicted molar refractivity (Wildman–Crippen MR) is 89.6 cm³/mol. The van der Waals surface area contributed by atoms with Crippen molar-refractivity contribution in [2.45, 2.75) is 24.3 Å². The van der Waals surface area contributed by atoms with Gasteiger partial charge in [-0.3, -0.25) is 14.3 Å². The molecular weight excluding hydrogens is 352 g/mol. The Morgan fingerprint density at radius 1 is 1.29 bits per heavy atom. The van der Waals surface area contributed by atoms with E-state index in [0.717, 1.165) is 0 Å². The van der Waals surface area contributed by atoms with Crippen molar-refractivity contribution in [2.75, 3.05) is 4.31 Å². The number of nitrogens with zero attached hydrogens (tertiary/aromatic N) is 1. The van der Waals surface area contributed by atoms with E-state index in [0.29, 0.717) is 21.8 Å². The zero-order valence-corrected chi connectivity index (χ0v) is 14.3. The molecule has 0 saturated heterocycles. The summed E-state index contributed by atoms with van der Waals surface area (Å²) < 4.78 is 27.3. The number of amides is 1. The molecule has 0 aromatic heterocycles. The Morgan fingerprint density at radius 3 is 2.58 bits per heavy atom. The van der Waals surface area contributed by atoms with Crippen LogP contribution in [0.4, 0.5) is 5.69 Å². The standard InChI is InChI=1S/C16H15ClN2O4S/c1-10-7-11(17)8-14-16(10)13(9-15(20)18-21)19(24(14,22)23)12-5-3-2-4-6-12/h2-8,13,21H,9H2,1H3,(H,18,20). The highest BCUT2D eigenvalue weighted by atomic mass is 35.5. The molecule has 0 fully saturated rings. The van der Waals surface area contributed by atoms with Crippen LogP contribution in [-0.2, 0) is 14.8 Å². The average molecular weight is 367 g/mol. The highest BCUT2D eigenvalue weighted by Gasteiger charge is 2.44. The van der Waals surface area contributed by atoms with Crippen LogP contribution < -0.4 is 9.79 Å². The summed E-state index contributed by atoms with van der Waals surface area (Å²) in [5.74, 6) is -0.668. The van der Waals surface area contributed by atoms with Crippen molar-refractivity contribution in [3.05, 3.63) is 58.6 Å². The molecule has 0 spiro atoms. The first-order chi connectivity index (χ1) is 11.4. The summed E-state index contributed by atoms with van der Waals surface area (Å²) in [5.41, 5.74) is 3.21. The van der Waals surface area contributed by atoms with E-state index in [1.165, 1.54) is 10.4 Å². The molecule has 0 aliphatic carbocycles. The van der Waals surface area contributed by atoms with Gasteiger partial charge in [0.25, 0.3) is 10.0 Å². The number of hydrogen-bond donors (Lipinski definition) is 2. The quantitative estimate of drug-likeness (QED) is 0.646. The molecular formula is C16H15ClN2O4S. The van der Waals surface area contributed by atoms with E-state index in [9.17, 15) is 13.2 Å². The monoisotopic (exact) mass is 366 g/mol. The van der Waals surface area contributed by atoms with Crippen molar-refractivity contribution in [2.24, 2.45) is 0 Å². The van der Waals surface area contributed by atoms with Gasteiger partial charge in [0.1, 0.15) is 0 Å². The van der Waals surface area contributed by atoms with E-state index in [-0.39, 0.29) is 11.3 Å².